The lowest BCUT2D eigenvalue weighted by Crippen LogP contribution is -2.13. The molecular weight excluding hydrogens is 310 g/mol. The number of benzene rings is 1. The monoisotopic (exact) mass is 321 g/mol. The zero-order valence-electron chi connectivity index (χ0n) is 11.4. The van der Waals surface area contributed by atoms with Gasteiger partial charge in [0.1, 0.15) is 0 Å². The number of hydrogen-bond donors (Lipinski definition) is 1. The minimum absolute atomic E-state index is 0.0322. The summed E-state index contributed by atoms with van der Waals surface area (Å²) in [5.74, 6) is -0.764. The second-order valence-electron chi connectivity index (χ2n) is 3.98. The van der Waals surface area contributed by atoms with Crippen LogP contribution in [0.25, 0.3) is 0 Å². The fourth-order valence-corrected chi connectivity index (χ4v) is 2.19. The molecule has 1 heterocycles. The molecule has 1 aromatic heterocycles. The number of thiophene rings is 1. The molecule has 0 atom stereocenters. The summed E-state index contributed by atoms with van der Waals surface area (Å²) in [7, 11) is 1.30. The third-order valence-corrected chi connectivity index (χ3v) is 3.50. The number of rotatable bonds is 5. The molecule has 0 unspecified atom stereocenters. The van der Waals surface area contributed by atoms with Gasteiger partial charge in [0.05, 0.1) is 22.5 Å². The molecule has 0 aliphatic heterocycles. The van der Waals surface area contributed by atoms with E-state index < -0.39 is 10.9 Å². The Morgan fingerprint density at radius 3 is 2.77 bits per heavy atom. The van der Waals surface area contributed by atoms with Crippen molar-refractivity contribution in [2.45, 2.75) is 0 Å². The van der Waals surface area contributed by atoms with Crippen molar-refractivity contribution >= 4 is 28.8 Å². The molecule has 22 heavy (non-hydrogen) atoms. The molecule has 0 saturated carbocycles. The first kappa shape index (κ1) is 15.4. The van der Waals surface area contributed by atoms with Crippen molar-refractivity contribution in [1.82, 2.24) is 0 Å². The molecule has 0 fully saturated rings. The van der Waals surface area contributed by atoms with Crippen molar-refractivity contribution in [2.24, 2.45) is 10.9 Å². The Kier molecular flexibility index (Phi) is 4.69. The molecule has 0 radical (unpaired) electrons. The number of nitro benzene ring substituents is 1. The number of nitro groups is 1. The van der Waals surface area contributed by atoms with E-state index in [1.54, 1.807) is 17.5 Å². The molecule has 8 nitrogen and oxygen atoms in total. The minimum atomic E-state index is -0.856. The van der Waals surface area contributed by atoms with Crippen molar-refractivity contribution in [3.8, 4) is 5.75 Å². The van der Waals surface area contributed by atoms with Gasteiger partial charge in [-0.2, -0.15) is 0 Å². The number of carbonyl (C=O) groups is 1. The summed E-state index contributed by atoms with van der Waals surface area (Å²) in [6, 6.07) is 7.19. The first-order chi connectivity index (χ1) is 10.5. The molecule has 9 heteroatoms. The van der Waals surface area contributed by atoms with E-state index in [2.05, 4.69) is 9.99 Å². The van der Waals surface area contributed by atoms with Crippen molar-refractivity contribution in [1.29, 1.82) is 0 Å². The number of amidine groups is 1. The molecule has 1 aromatic carbocycles. The average molecular weight is 321 g/mol. The Bertz CT molecular complexity index is 727. The third-order valence-electron chi connectivity index (χ3n) is 2.61. The quantitative estimate of drug-likeness (QED) is 0.296. The van der Waals surface area contributed by atoms with Gasteiger partial charge in [-0.25, -0.2) is 4.79 Å². The Hall–Kier alpha value is -2.94. The van der Waals surface area contributed by atoms with Gasteiger partial charge in [-0.1, -0.05) is 11.2 Å². The highest BCUT2D eigenvalue weighted by Crippen LogP contribution is 2.27. The highest BCUT2D eigenvalue weighted by atomic mass is 32.1. The zero-order valence-corrected chi connectivity index (χ0v) is 12.2. The van der Waals surface area contributed by atoms with Crippen LogP contribution in [-0.4, -0.2) is 23.8 Å². The van der Waals surface area contributed by atoms with Gasteiger partial charge in [0.15, 0.2) is 11.6 Å². The van der Waals surface area contributed by atoms with E-state index in [0.717, 1.165) is 6.07 Å². The lowest BCUT2D eigenvalue weighted by molar-refractivity contribution is -0.385. The Balaban J connectivity index is 2.18. The second-order valence-corrected chi connectivity index (χ2v) is 4.92. The molecule has 2 rings (SSSR count). The van der Waals surface area contributed by atoms with Gasteiger partial charge in [0, 0.05) is 6.07 Å². The Labute approximate surface area is 128 Å². The van der Waals surface area contributed by atoms with Crippen LogP contribution in [0.1, 0.15) is 15.2 Å². The van der Waals surface area contributed by atoms with Crippen molar-refractivity contribution in [3.05, 3.63) is 56.3 Å². The molecule has 0 aliphatic carbocycles. The van der Waals surface area contributed by atoms with Crippen LogP contribution < -0.4 is 10.5 Å². The Morgan fingerprint density at radius 2 is 2.18 bits per heavy atom. The van der Waals surface area contributed by atoms with Gasteiger partial charge in [-0.3, -0.25) is 10.1 Å². The maximum absolute atomic E-state index is 11.8. The van der Waals surface area contributed by atoms with Crippen LogP contribution >= 0.6 is 11.3 Å². The predicted molar refractivity (Wildman–Crippen MR) is 80.1 cm³/mol. The fourth-order valence-electron chi connectivity index (χ4n) is 1.57. The lowest BCUT2D eigenvalue weighted by atomic mass is 10.2. The van der Waals surface area contributed by atoms with E-state index in [1.807, 2.05) is 0 Å². The summed E-state index contributed by atoms with van der Waals surface area (Å²) in [6.07, 6.45) is 0. The van der Waals surface area contributed by atoms with Crippen LogP contribution in [0.4, 0.5) is 5.69 Å². The minimum Gasteiger partial charge on any atom is -0.490 e. The van der Waals surface area contributed by atoms with Gasteiger partial charge in [-0.05, 0) is 23.6 Å². The van der Waals surface area contributed by atoms with Gasteiger partial charge in [-0.15, -0.1) is 11.3 Å². The number of nitrogens with two attached hydrogens (primary N) is 1. The number of methoxy groups -OCH3 is 1. The predicted octanol–water partition coefficient (Wildman–Crippen LogP) is 2.14. The SMILES string of the molecule is COc1ccc(C(=O)O/N=C(\N)c2cccs2)cc1[N+](=O)[O-]. The molecule has 0 saturated heterocycles. The van der Waals surface area contributed by atoms with Crippen LogP contribution in [0.5, 0.6) is 5.75 Å². The number of oxime groups is 1. The lowest BCUT2D eigenvalue weighted by Gasteiger charge is -2.03. The third kappa shape index (κ3) is 3.38. The van der Waals surface area contributed by atoms with E-state index in [4.69, 9.17) is 10.5 Å². The smallest absolute Gasteiger partial charge is 0.366 e. The molecule has 0 spiro atoms. The highest BCUT2D eigenvalue weighted by Gasteiger charge is 2.19. The highest BCUT2D eigenvalue weighted by molar-refractivity contribution is 7.12. The van der Waals surface area contributed by atoms with Crippen LogP contribution in [0.15, 0.2) is 40.9 Å². The normalized spacial score (nSPS) is 11.0. The van der Waals surface area contributed by atoms with E-state index >= 15 is 0 Å². The van der Waals surface area contributed by atoms with Gasteiger partial charge in [0.2, 0.25) is 0 Å². The number of nitrogens with zero attached hydrogens (tertiary/aromatic N) is 2. The van der Waals surface area contributed by atoms with E-state index in [9.17, 15) is 14.9 Å². The summed E-state index contributed by atoms with van der Waals surface area (Å²) in [5.41, 5.74) is 5.27. The summed E-state index contributed by atoms with van der Waals surface area (Å²) in [5, 5.41) is 16.2. The molecule has 2 N–H and O–H groups in total. The number of carbonyl (C=O) groups excluding carboxylic acids is 1. The van der Waals surface area contributed by atoms with Crippen LogP contribution in [0.2, 0.25) is 0 Å². The first-order valence-electron chi connectivity index (χ1n) is 5.94. The zero-order chi connectivity index (χ0) is 16.1. The Morgan fingerprint density at radius 1 is 1.41 bits per heavy atom. The summed E-state index contributed by atoms with van der Waals surface area (Å²) in [6.45, 7) is 0. The van der Waals surface area contributed by atoms with Gasteiger partial charge in [0.25, 0.3) is 0 Å². The maximum atomic E-state index is 11.8. The molecule has 0 aliphatic rings. The largest absolute Gasteiger partial charge is 0.490 e. The van der Waals surface area contributed by atoms with Crippen LogP contribution in [0, 0.1) is 10.1 Å². The summed E-state index contributed by atoms with van der Waals surface area (Å²) >= 11 is 1.34. The average Bonchev–Trinajstić information content (AvgIpc) is 3.06. The van der Waals surface area contributed by atoms with Crippen molar-refractivity contribution in [3.63, 3.8) is 0 Å². The first-order valence-corrected chi connectivity index (χ1v) is 6.82. The molecule has 114 valence electrons. The molecule has 2 aromatic rings. The molecule has 0 bridgehead atoms. The van der Waals surface area contributed by atoms with E-state index in [1.165, 1.54) is 30.6 Å². The molecular formula is C13H11N3O5S. The summed E-state index contributed by atoms with van der Waals surface area (Å²) < 4.78 is 4.85. The van der Waals surface area contributed by atoms with Crippen molar-refractivity contribution in [2.75, 3.05) is 7.11 Å². The summed E-state index contributed by atoms with van der Waals surface area (Å²) in [4.78, 5) is 27.4. The standard InChI is InChI=1S/C13H11N3O5S/c1-20-10-5-4-8(7-9(10)16(18)19)13(17)21-15-12(14)11-3-2-6-22-11/h2-7H,1H3,(H2,14,15). The topological polar surface area (TPSA) is 117 Å². The number of hydrogen-bond acceptors (Lipinski definition) is 7. The molecule has 0 amide bonds. The van der Waals surface area contributed by atoms with E-state index in [0.29, 0.717) is 4.88 Å². The van der Waals surface area contributed by atoms with Gasteiger partial charge < -0.3 is 15.3 Å². The van der Waals surface area contributed by atoms with Crippen molar-refractivity contribution < 1.29 is 19.3 Å². The van der Waals surface area contributed by atoms with Crippen LogP contribution in [-0.2, 0) is 4.84 Å². The van der Waals surface area contributed by atoms with Gasteiger partial charge >= 0.3 is 11.7 Å². The maximum Gasteiger partial charge on any atom is 0.366 e. The van der Waals surface area contributed by atoms with Crippen LogP contribution in [0.3, 0.4) is 0 Å². The van der Waals surface area contributed by atoms with E-state index in [-0.39, 0.29) is 22.8 Å². The second kappa shape index (κ2) is 6.68. The fraction of sp³-hybridized carbons (Fsp3) is 0.0769. The number of ether oxygens (including phenoxy) is 1.